The molecule has 2 heteroatoms. The van der Waals surface area contributed by atoms with Crippen molar-refractivity contribution in [3.05, 3.63) is 0 Å². The molecule has 1 fully saturated rings. The molecule has 0 spiro atoms. The Kier molecular flexibility index (Phi) is 7.90. The molecule has 0 saturated heterocycles. The number of hydrogen-bond donors (Lipinski definition) is 0. The maximum absolute atomic E-state index is 11.1. The van der Waals surface area contributed by atoms with Gasteiger partial charge in [-0.1, -0.05) is 0 Å². The van der Waals surface area contributed by atoms with Crippen LogP contribution < -0.4 is 0 Å². The van der Waals surface area contributed by atoms with E-state index in [0.717, 1.165) is 3.93 Å². The van der Waals surface area contributed by atoms with E-state index in [1.165, 1.54) is 51.2 Å². The minimum atomic E-state index is -1.98. The summed E-state index contributed by atoms with van der Waals surface area (Å²) in [4.78, 5) is 11.1. The second kappa shape index (κ2) is 8.60. The Morgan fingerprint density at radius 3 is 1.67 bits per heavy atom. The Labute approximate surface area is 118 Å². The third kappa shape index (κ3) is 4.54. The molecule has 0 amide bonds. The average Bonchev–Trinajstić information content (AvgIpc) is 3.18. The van der Waals surface area contributed by atoms with Crippen LogP contribution in [0.3, 0.4) is 0 Å². The van der Waals surface area contributed by atoms with Gasteiger partial charge >= 0.3 is 118 Å². The number of rotatable bonds is 11. The van der Waals surface area contributed by atoms with Gasteiger partial charge in [0.05, 0.1) is 0 Å². The molecule has 0 unspecified atom stereocenters. The van der Waals surface area contributed by atoms with Gasteiger partial charge in [0.2, 0.25) is 0 Å². The van der Waals surface area contributed by atoms with E-state index >= 15 is 0 Å². The van der Waals surface area contributed by atoms with Gasteiger partial charge in [0, 0.05) is 0 Å². The van der Waals surface area contributed by atoms with Crippen molar-refractivity contribution in [2.45, 2.75) is 83.0 Å². The van der Waals surface area contributed by atoms with Gasteiger partial charge in [0.1, 0.15) is 0 Å². The molecule has 1 nitrogen and oxygen atoms in total. The van der Waals surface area contributed by atoms with Crippen LogP contribution in [-0.2, 0) is 4.79 Å². The van der Waals surface area contributed by atoms with Crippen LogP contribution in [0.4, 0.5) is 0 Å². The van der Waals surface area contributed by atoms with E-state index in [0.29, 0.717) is 5.92 Å². The summed E-state index contributed by atoms with van der Waals surface area (Å²) in [6, 6.07) is 0. The third-order valence-corrected chi connectivity index (χ3v) is 22.8. The molecular formula is C16H32OSn. The molecule has 0 bridgehead atoms. The summed E-state index contributed by atoms with van der Waals surface area (Å²) in [6.07, 6.45) is 10.9. The van der Waals surface area contributed by atoms with Crippen molar-refractivity contribution in [3.63, 3.8) is 0 Å². The van der Waals surface area contributed by atoms with Gasteiger partial charge in [0.25, 0.3) is 0 Å². The first kappa shape index (κ1) is 16.5. The predicted molar refractivity (Wildman–Crippen MR) is 82.8 cm³/mol. The van der Waals surface area contributed by atoms with Crippen LogP contribution in [0, 0.1) is 5.92 Å². The minimum absolute atomic E-state index is 0.492. The van der Waals surface area contributed by atoms with Crippen LogP contribution in [0.15, 0.2) is 0 Å². The summed E-state index contributed by atoms with van der Waals surface area (Å²) < 4.78 is 5.64. The molecule has 0 heterocycles. The van der Waals surface area contributed by atoms with Crippen LogP contribution in [0.5, 0.6) is 0 Å². The van der Waals surface area contributed by atoms with Crippen molar-refractivity contribution in [3.8, 4) is 0 Å². The molecule has 0 aromatic heterocycles. The van der Waals surface area contributed by atoms with Crippen molar-refractivity contribution in [2.24, 2.45) is 5.92 Å². The van der Waals surface area contributed by atoms with E-state index < -0.39 is 18.4 Å². The monoisotopic (exact) mass is 360 g/mol. The molecule has 2 atom stereocenters. The Bertz CT molecular complexity index is 217. The number of hydrogen-bond acceptors (Lipinski definition) is 1. The van der Waals surface area contributed by atoms with Crippen LogP contribution >= 0.6 is 0 Å². The fraction of sp³-hybridized carbons (Fsp3) is 0.938. The van der Waals surface area contributed by atoms with Gasteiger partial charge in [-0.2, -0.15) is 0 Å². The second-order valence-electron chi connectivity index (χ2n) is 6.32. The van der Waals surface area contributed by atoms with Gasteiger partial charge in [-0.25, -0.2) is 0 Å². The first-order valence-electron chi connectivity index (χ1n) is 8.19. The Hall–Kier alpha value is 0.469. The van der Waals surface area contributed by atoms with Crippen molar-refractivity contribution in [2.75, 3.05) is 0 Å². The molecule has 1 aliphatic carbocycles. The van der Waals surface area contributed by atoms with E-state index in [4.69, 9.17) is 0 Å². The first-order chi connectivity index (χ1) is 8.74. The van der Waals surface area contributed by atoms with Crippen LogP contribution in [0.1, 0.15) is 65.7 Å². The van der Waals surface area contributed by atoms with Crippen molar-refractivity contribution in [1.29, 1.82) is 0 Å². The van der Waals surface area contributed by atoms with Crippen LogP contribution in [0.25, 0.3) is 0 Å². The Morgan fingerprint density at radius 1 is 0.944 bits per heavy atom. The topological polar surface area (TPSA) is 17.1 Å². The number of carbonyl (C=O) groups excluding carboxylic acids is 1. The molecule has 0 aromatic rings. The van der Waals surface area contributed by atoms with Gasteiger partial charge in [-0.15, -0.1) is 0 Å². The average molecular weight is 359 g/mol. The quantitative estimate of drug-likeness (QED) is 0.355. The van der Waals surface area contributed by atoms with E-state index in [-0.39, 0.29) is 0 Å². The predicted octanol–water partition coefficient (Wildman–Crippen LogP) is 5.42. The molecule has 0 radical (unpaired) electrons. The summed E-state index contributed by atoms with van der Waals surface area (Å²) in [5.74, 6) is 0.492. The number of unbranched alkanes of at least 4 members (excludes halogenated alkanes) is 3. The van der Waals surface area contributed by atoms with E-state index in [2.05, 4.69) is 20.8 Å². The van der Waals surface area contributed by atoms with Gasteiger partial charge < -0.3 is 0 Å². The third-order valence-electron chi connectivity index (χ3n) is 4.89. The van der Waals surface area contributed by atoms with Crippen molar-refractivity contribution in [1.82, 2.24) is 0 Å². The zero-order chi connectivity index (χ0) is 13.4. The molecule has 1 aliphatic rings. The summed E-state index contributed by atoms with van der Waals surface area (Å²) in [5, 5.41) is 0. The zero-order valence-corrected chi connectivity index (χ0v) is 15.6. The zero-order valence-electron chi connectivity index (χ0n) is 12.7. The van der Waals surface area contributed by atoms with Crippen molar-refractivity contribution >= 4 is 24.7 Å². The summed E-state index contributed by atoms with van der Waals surface area (Å²) in [5.41, 5.74) is 0. The summed E-state index contributed by atoms with van der Waals surface area (Å²) in [7, 11) is 0. The SMILES string of the molecule is CCC[CH2][Sn]([CH2]CCC)([CH2]CCC)[C@H]1C[C@@H]1C=O. The molecular weight excluding hydrogens is 327 g/mol. The van der Waals surface area contributed by atoms with Gasteiger partial charge in [-0.05, 0) is 0 Å². The van der Waals surface area contributed by atoms with E-state index in [1.807, 2.05) is 0 Å². The molecule has 18 heavy (non-hydrogen) atoms. The molecule has 0 N–H and O–H groups in total. The normalized spacial score (nSPS) is 23.1. The van der Waals surface area contributed by atoms with E-state index in [1.54, 1.807) is 13.3 Å². The number of aldehydes is 1. The first-order valence-corrected chi connectivity index (χ1v) is 15.9. The van der Waals surface area contributed by atoms with E-state index in [9.17, 15) is 4.79 Å². The number of carbonyl (C=O) groups is 1. The Morgan fingerprint density at radius 2 is 1.39 bits per heavy atom. The Balaban J connectivity index is 2.68. The fourth-order valence-electron chi connectivity index (χ4n) is 3.59. The summed E-state index contributed by atoms with van der Waals surface area (Å²) in [6.45, 7) is 6.96. The molecule has 106 valence electrons. The maximum atomic E-state index is 11.1. The molecule has 1 rings (SSSR count). The molecule has 0 aromatic carbocycles. The van der Waals surface area contributed by atoms with Gasteiger partial charge in [-0.3, -0.25) is 0 Å². The standard InChI is InChI=1S/C4H5O.3C4H9.Sn/c5-3-4-1-2-4;3*1-3-4-2;/h1,3-4H,2H2;3*1,3-4H2,2H3;/t4-;;;;/m1..../s1. The van der Waals surface area contributed by atoms with Crippen LogP contribution in [0.2, 0.25) is 17.2 Å². The van der Waals surface area contributed by atoms with Gasteiger partial charge in [0.15, 0.2) is 0 Å². The van der Waals surface area contributed by atoms with Crippen LogP contribution in [-0.4, -0.2) is 24.7 Å². The fourth-order valence-corrected chi connectivity index (χ4v) is 23.0. The molecule has 1 saturated carbocycles. The van der Waals surface area contributed by atoms with Crippen molar-refractivity contribution < 1.29 is 4.79 Å². The molecule has 0 aliphatic heterocycles. The summed E-state index contributed by atoms with van der Waals surface area (Å²) >= 11 is -1.98. The second-order valence-corrected chi connectivity index (χ2v) is 20.5.